The van der Waals surface area contributed by atoms with Crippen LogP contribution < -0.4 is 0 Å². The lowest BCUT2D eigenvalue weighted by molar-refractivity contribution is -0.145. The number of carbonyl (C=O) groups excluding carboxylic acids is 1. The van der Waals surface area contributed by atoms with Gasteiger partial charge in [0.2, 0.25) is 0 Å². The summed E-state index contributed by atoms with van der Waals surface area (Å²) in [6.45, 7) is 10.8. The van der Waals surface area contributed by atoms with Gasteiger partial charge in [0.25, 0.3) is 0 Å². The van der Waals surface area contributed by atoms with Gasteiger partial charge < -0.3 is 9.47 Å². The molecule has 2 atom stereocenters. The zero-order chi connectivity index (χ0) is 14.8. The average Bonchev–Trinajstić information content (AvgIpc) is 2.69. The molecule has 2 rings (SSSR count). The first-order valence-electron chi connectivity index (χ1n) is 7.01. The first-order chi connectivity index (χ1) is 9.47. The molecule has 1 aliphatic rings. The van der Waals surface area contributed by atoms with Crippen LogP contribution >= 0.6 is 0 Å². The molecule has 0 amide bonds. The van der Waals surface area contributed by atoms with E-state index in [2.05, 4.69) is 37.8 Å². The van der Waals surface area contributed by atoms with Gasteiger partial charge >= 0.3 is 5.97 Å². The van der Waals surface area contributed by atoms with Gasteiger partial charge in [-0.1, -0.05) is 36.4 Å². The van der Waals surface area contributed by atoms with E-state index in [-0.39, 0.29) is 11.9 Å². The second-order valence-electron chi connectivity index (χ2n) is 5.48. The van der Waals surface area contributed by atoms with Gasteiger partial charge in [-0.2, -0.15) is 0 Å². The predicted molar refractivity (Wildman–Crippen MR) is 78.4 cm³/mol. The first kappa shape index (κ1) is 14.8. The van der Waals surface area contributed by atoms with E-state index in [1.54, 1.807) is 0 Å². The van der Waals surface area contributed by atoms with Gasteiger partial charge in [0.05, 0.1) is 25.2 Å². The van der Waals surface area contributed by atoms with Gasteiger partial charge in [0.15, 0.2) is 0 Å². The molecule has 108 valence electrons. The minimum Gasteiger partial charge on any atom is -0.466 e. The Labute approximate surface area is 120 Å². The highest BCUT2D eigenvalue weighted by atomic mass is 16.5. The molecular weight excluding hydrogens is 252 g/mol. The van der Waals surface area contributed by atoms with Gasteiger partial charge in [-0.25, -0.2) is 0 Å². The van der Waals surface area contributed by atoms with E-state index in [1.807, 2.05) is 13.8 Å². The molecule has 3 nitrogen and oxygen atoms in total. The van der Waals surface area contributed by atoms with Crippen LogP contribution in [0.3, 0.4) is 0 Å². The molecule has 3 heteroatoms. The molecule has 0 spiro atoms. The van der Waals surface area contributed by atoms with Crippen molar-refractivity contribution in [3.05, 3.63) is 47.5 Å². The maximum Gasteiger partial charge on any atom is 0.306 e. The highest BCUT2D eigenvalue weighted by Crippen LogP contribution is 2.45. The van der Waals surface area contributed by atoms with E-state index in [1.165, 1.54) is 5.56 Å². The topological polar surface area (TPSA) is 35.5 Å². The fraction of sp³-hybridized carbons (Fsp3) is 0.471. The number of aryl methyl sites for hydroxylation is 1. The Hall–Kier alpha value is -1.61. The molecule has 0 bridgehead atoms. The van der Waals surface area contributed by atoms with Gasteiger partial charge in [0.1, 0.15) is 0 Å². The van der Waals surface area contributed by atoms with E-state index < -0.39 is 5.60 Å². The van der Waals surface area contributed by atoms with Crippen molar-refractivity contribution in [3.8, 4) is 0 Å². The van der Waals surface area contributed by atoms with Crippen molar-refractivity contribution in [1.29, 1.82) is 0 Å². The molecule has 1 fully saturated rings. The Kier molecular flexibility index (Phi) is 4.29. The van der Waals surface area contributed by atoms with Crippen molar-refractivity contribution >= 4 is 5.97 Å². The molecule has 1 aliphatic heterocycles. The zero-order valence-electron chi connectivity index (χ0n) is 12.4. The molecule has 20 heavy (non-hydrogen) atoms. The number of rotatable bonds is 4. The number of hydrogen-bond acceptors (Lipinski definition) is 3. The van der Waals surface area contributed by atoms with Crippen molar-refractivity contribution in [2.24, 2.45) is 5.92 Å². The van der Waals surface area contributed by atoms with Crippen LogP contribution in [0.4, 0.5) is 0 Å². The Balaban J connectivity index is 2.25. The van der Waals surface area contributed by atoms with E-state index in [9.17, 15) is 4.79 Å². The number of hydrogen-bond donors (Lipinski definition) is 0. The second-order valence-corrected chi connectivity index (χ2v) is 5.48. The Morgan fingerprint density at radius 3 is 2.70 bits per heavy atom. The summed E-state index contributed by atoms with van der Waals surface area (Å²) in [4.78, 5) is 11.8. The van der Waals surface area contributed by atoms with Crippen LogP contribution in [0.15, 0.2) is 36.4 Å². The summed E-state index contributed by atoms with van der Waals surface area (Å²) < 4.78 is 11.0. The summed E-state index contributed by atoms with van der Waals surface area (Å²) >= 11 is 0. The Morgan fingerprint density at radius 2 is 2.10 bits per heavy atom. The molecular formula is C17H22O3. The molecule has 0 radical (unpaired) electrons. The number of esters is 1. The standard InChI is InChI=1S/C17H22O3/c1-5-19-16(18)10-15-13(3)11-20-17(15,4)14-8-6-12(2)7-9-14/h6-9,15H,3,5,10-11H2,1-2,4H3/t15-,17+/m1/s1. The number of carbonyl (C=O) groups is 1. The van der Waals surface area contributed by atoms with Crippen LogP contribution in [0.5, 0.6) is 0 Å². The second kappa shape index (κ2) is 5.80. The minimum absolute atomic E-state index is 0.0377. The van der Waals surface area contributed by atoms with E-state index in [0.29, 0.717) is 19.6 Å². The molecule has 0 aromatic heterocycles. The first-order valence-corrected chi connectivity index (χ1v) is 7.01. The van der Waals surface area contributed by atoms with Crippen molar-refractivity contribution in [3.63, 3.8) is 0 Å². The fourth-order valence-electron chi connectivity index (χ4n) is 2.73. The Morgan fingerprint density at radius 1 is 1.45 bits per heavy atom. The number of benzene rings is 1. The summed E-state index contributed by atoms with van der Waals surface area (Å²) in [5.74, 6) is -0.230. The third-order valence-electron chi connectivity index (χ3n) is 4.02. The summed E-state index contributed by atoms with van der Waals surface area (Å²) in [5, 5.41) is 0. The van der Waals surface area contributed by atoms with E-state index >= 15 is 0 Å². The summed E-state index contributed by atoms with van der Waals surface area (Å²) in [7, 11) is 0. The van der Waals surface area contributed by atoms with Crippen LogP contribution in [-0.4, -0.2) is 19.2 Å². The third kappa shape index (κ3) is 2.78. The van der Waals surface area contributed by atoms with Crippen molar-refractivity contribution in [2.75, 3.05) is 13.2 Å². The van der Waals surface area contributed by atoms with Gasteiger partial charge in [-0.05, 0) is 31.9 Å². The average molecular weight is 274 g/mol. The van der Waals surface area contributed by atoms with Gasteiger partial charge in [-0.15, -0.1) is 0 Å². The lowest BCUT2D eigenvalue weighted by atomic mass is 9.79. The molecule has 0 aliphatic carbocycles. The van der Waals surface area contributed by atoms with Crippen LogP contribution in [0.1, 0.15) is 31.4 Å². The quantitative estimate of drug-likeness (QED) is 0.624. The van der Waals surface area contributed by atoms with Crippen LogP contribution in [0.2, 0.25) is 0 Å². The summed E-state index contributed by atoms with van der Waals surface area (Å²) in [6.07, 6.45) is 0.317. The smallest absolute Gasteiger partial charge is 0.306 e. The van der Waals surface area contributed by atoms with E-state index in [4.69, 9.17) is 9.47 Å². The Bertz CT molecular complexity index is 503. The zero-order valence-corrected chi connectivity index (χ0v) is 12.4. The van der Waals surface area contributed by atoms with Crippen LogP contribution in [0, 0.1) is 12.8 Å². The minimum atomic E-state index is -0.502. The maximum absolute atomic E-state index is 11.8. The molecule has 1 aromatic rings. The van der Waals surface area contributed by atoms with Crippen LogP contribution in [0.25, 0.3) is 0 Å². The molecule has 0 N–H and O–H groups in total. The fourth-order valence-corrected chi connectivity index (χ4v) is 2.73. The summed E-state index contributed by atoms with van der Waals surface area (Å²) in [5.41, 5.74) is 2.74. The largest absolute Gasteiger partial charge is 0.466 e. The highest BCUT2D eigenvalue weighted by molar-refractivity contribution is 5.70. The maximum atomic E-state index is 11.8. The highest BCUT2D eigenvalue weighted by Gasteiger charge is 2.45. The van der Waals surface area contributed by atoms with E-state index in [0.717, 1.165) is 11.1 Å². The number of ether oxygens (including phenoxy) is 2. The molecule has 1 heterocycles. The van der Waals surface area contributed by atoms with Crippen LogP contribution in [-0.2, 0) is 19.9 Å². The lowest BCUT2D eigenvalue weighted by Crippen LogP contribution is -2.31. The normalized spacial score (nSPS) is 25.8. The molecule has 0 saturated carbocycles. The molecule has 1 aromatic carbocycles. The third-order valence-corrected chi connectivity index (χ3v) is 4.02. The molecule has 0 unspecified atom stereocenters. The van der Waals surface area contributed by atoms with Crippen molar-refractivity contribution < 1.29 is 14.3 Å². The summed E-state index contributed by atoms with van der Waals surface area (Å²) in [6, 6.07) is 8.25. The van der Waals surface area contributed by atoms with Gasteiger partial charge in [0, 0.05) is 5.92 Å². The SMILES string of the molecule is C=C1CO[C@@](C)(c2ccc(C)cc2)[C@@H]1CC(=O)OCC. The predicted octanol–water partition coefficient (Wildman–Crippen LogP) is 3.37. The molecule has 1 saturated heterocycles. The monoisotopic (exact) mass is 274 g/mol. The van der Waals surface area contributed by atoms with Crippen molar-refractivity contribution in [2.45, 2.75) is 32.8 Å². The van der Waals surface area contributed by atoms with Gasteiger partial charge in [-0.3, -0.25) is 4.79 Å². The van der Waals surface area contributed by atoms with Crippen molar-refractivity contribution in [1.82, 2.24) is 0 Å². The lowest BCUT2D eigenvalue weighted by Gasteiger charge is -2.30.